The average Bonchev–Trinajstić information content (AvgIpc) is 4.12. The molecule has 6 heterocycles. The van der Waals surface area contributed by atoms with Gasteiger partial charge in [0.05, 0.1) is 36.5 Å². The molecule has 0 spiro atoms. The number of aromatic nitrogens is 8. The second kappa shape index (κ2) is 30.1. The summed E-state index contributed by atoms with van der Waals surface area (Å²) in [5.74, 6) is 1.18. The molecule has 0 amide bonds. The third kappa shape index (κ3) is 17.1. The third-order valence-corrected chi connectivity index (χ3v) is 10.9. The zero-order valence-electron chi connectivity index (χ0n) is 36.2. The first-order valence-corrected chi connectivity index (χ1v) is 22.7. The quantitative estimate of drug-likeness (QED) is 0.0503. The van der Waals surface area contributed by atoms with Crippen molar-refractivity contribution in [3.05, 3.63) is 115 Å². The molecule has 6 aromatic rings. The van der Waals surface area contributed by atoms with Crippen LogP contribution in [0.25, 0.3) is 11.2 Å². The maximum atomic E-state index is 6.26. The largest absolute Gasteiger partial charge is 0.385 e. The molecule has 0 saturated heterocycles. The lowest BCUT2D eigenvalue weighted by molar-refractivity contribution is 0.196. The third-order valence-electron chi connectivity index (χ3n) is 8.92. The highest BCUT2D eigenvalue weighted by Crippen LogP contribution is 2.30. The Morgan fingerprint density at radius 2 is 1.31 bits per heavy atom. The number of nitrogens with one attached hydrogen (secondary N) is 2. The van der Waals surface area contributed by atoms with Crippen LogP contribution in [0.4, 0.5) is 17.2 Å². The van der Waals surface area contributed by atoms with E-state index in [1.54, 1.807) is 64.7 Å². The van der Waals surface area contributed by atoms with Crippen molar-refractivity contribution in [2.75, 3.05) is 66.1 Å². The van der Waals surface area contributed by atoms with Gasteiger partial charge in [0.15, 0.2) is 22.1 Å². The first kappa shape index (κ1) is 53.3. The number of imidazole rings is 1. The molecule has 2 aliphatic heterocycles. The van der Waals surface area contributed by atoms with E-state index in [1.165, 1.54) is 6.33 Å². The smallest absolute Gasteiger partial charge is 0.176 e. The van der Waals surface area contributed by atoms with Gasteiger partial charge in [0.1, 0.15) is 29.5 Å². The number of hydrogen-bond acceptors (Lipinski definition) is 14. The number of methoxy groups -OCH3 is 3. The van der Waals surface area contributed by atoms with Crippen LogP contribution >= 0.6 is 69.6 Å². The van der Waals surface area contributed by atoms with Crippen molar-refractivity contribution >= 4 is 110 Å². The van der Waals surface area contributed by atoms with Gasteiger partial charge in [-0.05, 0) is 50.1 Å². The van der Waals surface area contributed by atoms with Gasteiger partial charge >= 0.3 is 0 Å². The van der Waals surface area contributed by atoms with E-state index < -0.39 is 0 Å². The summed E-state index contributed by atoms with van der Waals surface area (Å²) in [6.07, 6.45) is 14.4. The summed E-state index contributed by atoms with van der Waals surface area (Å²) in [5.41, 5.74) is 12.5. The molecule has 22 heteroatoms. The van der Waals surface area contributed by atoms with Crippen molar-refractivity contribution in [2.45, 2.75) is 44.5 Å². The van der Waals surface area contributed by atoms with Crippen molar-refractivity contribution in [3.8, 4) is 0 Å². The fourth-order valence-electron chi connectivity index (χ4n) is 5.65. The molecule has 8 rings (SSSR count). The van der Waals surface area contributed by atoms with Crippen LogP contribution < -0.4 is 16.5 Å². The van der Waals surface area contributed by atoms with Gasteiger partial charge in [0.2, 0.25) is 0 Å². The minimum atomic E-state index is 0.360. The molecule has 65 heavy (non-hydrogen) atoms. The number of aromatic amines is 1. The molecule has 0 unspecified atom stereocenters. The normalized spacial score (nSPS) is 11.9. The topological polar surface area (TPSA) is 201 Å². The van der Waals surface area contributed by atoms with Crippen LogP contribution in [0.5, 0.6) is 0 Å². The Morgan fingerprint density at radius 1 is 0.723 bits per heavy atom. The van der Waals surface area contributed by atoms with E-state index in [-0.39, 0.29) is 0 Å². The van der Waals surface area contributed by atoms with Crippen LogP contribution in [0.1, 0.15) is 41.8 Å². The molecule has 4 N–H and O–H groups in total. The molecule has 348 valence electrons. The summed E-state index contributed by atoms with van der Waals surface area (Å²) in [7, 11) is 5.05. The summed E-state index contributed by atoms with van der Waals surface area (Å²) < 4.78 is 16.6. The number of hydrogen-bond donors (Lipinski definition) is 3. The Balaban J connectivity index is 0.000000193. The van der Waals surface area contributed by atoms with Crippen molar-refractivity contribution < 1.29 is 14.2 Å². The lowest BCUT2D eigenvalue weighted by atomic mass is 10.2. The molecular weight excluding hydrogens is 959 g/mol. The molecule has 16 nitrogen and oxygen atoms in total. The monoisotopic (exact) mass is 1010 g/mol. The fourth-order valence-corrected chi connectivity index (χ4v) is 7.33. The lowest BCUT2D eigenvalue weighted by Crippen LogP contribution is -2.16. The van der Waals surface area contributed by atoms with Gasteiger partial charge in [-0.25, -0.2) is 29.9 Å². The Kier molecular flexibility index (Phi) is 24.6. The molecule has 0 atom stereocenters. The second-order valence-corrected chi connectivity index (χ2v) is 15.7. The summed E-state index contributed by atoms with van der Waals surface area (Å²) in [6.45, 7) is 4.92. The van der Waals surface area contributed by atoms with Crippen LogP contribution in [0.3, 0.4) is 0 Å². The minimum absolute atomic E-state index is 0.360. The molecule has 0 saturated carbocycles. The van der Waals surface area contributed by atoms with E-state index in [0.717, 1.165) is 109 Å². The van der Waals surface area contributed by atoms with Crippen molar-refractivity contribution in [1.82, 2.24) is 39.5 Å². The van der Waals surface area contributed by atoms with Crippen LogP contribution in [0, 0.1) is 0 Å². The van der Waals surface area contributed by atoms with E-state index in [4.69, 9.17) is 89.5 Å². The Morgan fingerprint density at radius 3 is 1.89 bits per heavy atom. The first-order valence-electron chi connectivity index (χ1n) is 20.3. The summed E-state index contributed by atoms with van der Waals surface area (Å²) >= 11 is 35.3. The van der Waals surface area contributed by atoms with Gasteiger partial charge < -0.3 is 34.8 Å². The van der Waals surface area contributed by atoms with Crippen molar-refractivity contribution in [3.63, 3.8) is 0 Å². The standard InChI is InChI=1S/C16H17Cl2N5O.C10H14N4O.C7H5Cl3.C6H4ClN3.C4H11NO/c1-24-7-3-6-19-15-14-16(21-9-20-14)23(10-22-15)8-11-12(17)4-2-5-13(11)18;1-15-6-2-4-12-10-9-8(3-5-11-9)13-7-14-10;8-4-5-6(9)2-1-3-7(5)10;7-6-5-4(1-2-8-5)9-3-10-6;1-6-4-2-3-5/h2,4-5,9-10H,3,6-8H2,1H3,(H,20,21);5,7H,2-4,6H2,1H3,(H,12,13,14);1-3H,4H2;2-3H,1H2;2-5H2,1H3. The van der Waals surface area contributed by atoms with E-state index in [1.807, 2.05) is 29.0 Å². The minimum Gasteiger partial charge on any atom is -0.385 e. The Bertz CT molecular complexity index is 2460. The predicted molar refractivity (Wildman–Crippen MR) is 264 cm³/mol. The molecule has 0 radical (unpaired) electrons. The fraction of sp³-hybridized carbons (Fsp3) is 0.372. The molecule has 4 aromatic heterocycles. The van der Waals surface area contributed by atoms with Gasteiger partial charge in [-0.2, -0.15) is 0 Å². The van der Waals surface area contributed by atoms with Crippen LogP contribution in [-0.2, 0) is 39.5 Å². The Labute approximate surface area is 408 Å². The van der Waals surface area contributed by atoms with Gasteiger partial charge in [0, 0.05) is 111 Å². The van der Waals surface area contributed by atoms with Crippen LogP contribution in [-0.4, -0.2) is 113 Å². The van der Waals surface area contributed by atoms with Crippen molar-refractivity contribution in [2.24, 2.45) is 20.7 Å². The van der Waals surface area contributed by atoms with Crippen LogP contribution in [0.2, 0.25) is 25.2 Å². The number of halogens is 6. The number of anilines is 1. The molecule has 0 bridgehead atoms. The first-order chi connectivity index (χ1) is 31.7. The van der Waals surface area contributed by atoms with E-state index >= 15 is 0 Å². The summed E-state index contributed by atoms with van der Waals surface area (Å²) in [5, 5.41) is 6.17. The zero-order valence-corrected chi connectivity index (χ0v) is 40.7. The molecule has 0 aliphatic carbocycles. The highest BCUT2D eigenvalue weighted by atomic mass is 35.5. The van der Waals surface area contributed by atoms with Crippen LogP contribution in [0.15, 0.2) is 76.7 Å². The predicted octanol–water partition coefficient (Wildman–Crippen LogP) is 9.34. The number of nitrogens with zero attached hydrogens (tertiary/aromatic N) is 10. The highest BCUT2D eigenvalue weighted by Gasteiger charge is 2.14. The highest BCUT2D eigenvalue weighted by molar-refractivity contribution is 6.37. The zero-order chi connectivity index (χ0) is 46.8. The molecule has 2 aromatic carbocycles. The van der Waals surface area contributed by atoms with Gasteiger partial charge in [-0.15, -0.1) is 11.6 Å². The molecular formula is C43H51Cl6N13O3. The molecule has 0 fully saturated rings. The number of H-pyrrole nitrogens is 1. The molecule has 2 aliphatic rings. The number of rotatable bonds is 15. The maximum Gasteiger partial charge on any atom is 0.176 e. The number of benzene rings is 2. The SMILES string of the molecule is COCCCN.COCCCN=c1ncn(Cc2c(Cl)cccc2Cl)c2nc[nH]c12.COCCCNc1ncnc2c1N=CC2.ClCc1c(Cl)cccc1Cl.Clc1ncnc2c1N=CC2. The average molecular weight is 1010 g/mol. The van der Waals surface area contributed by atoms with Crippen molar-refractivity contribution in [1.29, 1.82) is 0 Å². The lowest BCUT2D eigenvalue weighted by Gasteiger charge is -2.10. The summed E-state index contributed by atoms with van der Waals surface area (Å²) in [6, 6.07) is 10.8. The number of fused-ring (bicyclic) bond motifs is 3. The number of aliphatic imine (C=N–C) groups is 2. The number of nitrogens with two attached hydrogens (primary N) is 1. The summed E-state index contributed by atoms with van der Waals surface area (Å²) in [4.78, 5) is 40.8. The van der Waals surface area contributed by atoms with Gasteiger partial charge in [-0.3, -0.25) is 15.0 Å². The van der Waals surface area contributed by atoms with Gasteiger partial charge in [0.25, 0.3) is 0 Å². The number of ether oxygens (including phenoxy) is 3. The van der Waals surface area contributed by atoms with E-state index in [2.05, 4.69) is 55.2 Å². The second-order valence-electron chi connectivity index (χ2n) is 13.5. The Hall–Kier alpha value is -4.33. The number of alkyl halides is 1. The van der Waals surface area contributed by atoms with Gasteiger partial charge in [-0.1, -0.05) is 70.1 Å². The maximum absolute atomic E-state index is 6.26. The van der Waals surface area contributed by atoms with E-state index in [9.17, 15) is 0 Å². The van der Waals surface area contributed by atoms with E-state index in [0.29, 0.717) is 56.3 Å².